The van der Waals surface area contributed by atoms with Gasteiger partial charge in [0.25, 0.3) is 0 Å². The Balaban J connectivity index is 0.00000243. The number of hydrogen-bond donors (Lipinski definition) is 2. The van der Waals surface area contributed by atoms with Crippen LogP contribution >= 0.6 is 12.4 Å². The monoisotopic (exact) mass is 381 g/mol. The van der Waals surface area contributed by atoms with Crippen molar-refractivity contribution in [1.29, 1.82) is 0 Å². The van der Waals surface area contributed by atoms with Gasteiger partial charge in [-0.25, -0.2) is 0 Å². The summed E-state index contributed by atoms with van der Waals surface area (Å²) in [6.07, 6.45) is 2.94. The van der Waals surface area contributed by atoms with Crippen LogP contribution in [0.3, 0.4) is 0 Å². The highest BCUT2D eigenvalue weighted by atomic mass is 35.5. The van der Waals surface area contributed by atoms with Crippen molar-refractivity contribution < 1.29 is 14.3 Å². The lowest BCUT2D eigenvalue weighted by Gasteiger charge is -2.26. The van der Waals surface area contributed by atoms with E-state index in [0.29, 0.717) is 26.1 Å². The van der Waals surface area contributed by atoms with E-state index in [4.69, 9.17) is 4.74 Å². The summed E-state index contributed by atoms with van der Waals surface area (Å²) in [5.41, 5.74) is 1.06. The number of carbonyl (C=O) groups excluding carboxylic acids is 2. The number of rotatable bonds is 6. The molecule has 0 radical (unpaired) electrons. The third-order valence-electron chi connectivity index (χ3n) is 4.76. The predicted molar refractivity (Wildman–Crippen MR) is 102 cm³/mol. The van der Waals surface area contributed by atoms with Crippen LogP contribution in [0.25, 0.3) is 0 Å². The van der Waals surface area contributed by atoms with Crippen LogP contribution in [0.4, 0.5) is 0 Å². The van der Waals surface area contributed by atoms with Crippen molar-refractivity contribution in [3.8, 4) is 0 Å². The minimum Gasteiger partial charge on any atom is -0.378 e. The van der Waals surface area contributed by atoms with Crippen LogP contribution in [0.5, 0.6) is 0 Å². The third-order valence-corrected chi connectivity index (χ3v) is 4.76. The summed E-state index contributed by atoms with van der Waals surface area (Å²) in [5.74, 6) is -0.0703. The summed E-state index contributed by atoms with van der Waals surface area (Å²) in [4.78, 5) is 27.2. The number of nitrogens with zero attached hydrogens (tertiary/aromatic N) is 1. The molecule has 0 aromatic heterocycles. The van der Waals surface area contributed by atoms with Crippen molar-refractivity contribution in [3.05, 3.63) is 35.9 Å². The maximum absolute atomic E-state index is 12.8. The number of hydrogen-bond acceptors (Lipinski definition) is 4. The number of amides is 2. The Bertz CT molecular complexity index is 573. The van der Waals surface area contributed by atoms with Gasteiger partial charge in [-0.05, 0) is 18.4 Å². The molecular weight excluding hydrogens is 354 g/mol. The van der Waals surface area contributed by atoms with Gasteiger partial charge in [-0.3, -0.25) is 9.59 Å². The van der Waals surface area contributed by atoms with Crippen LogP contribution in [0.1, 0.15) is 24.8 Å². The first-order valence-electron chi connectivity index (χ1n) is 9.15. The molecule has 144 valence electrons. The van der Waals surface area contributed by atoms with Crippen molar-refractivity contribution in [2.75, 3.05) is 32.8 Å². The van der Waals surface area contributed by atoms with E-state index in [0.717, 1.165) is 38.0 Å². The Hall–Kier alpha value is -1.63. The maximum Gasteiger partial charge on any atom is 0.245 e. The summed E-state index contributed by atoms with van der Waals surface area (Å²) >= 11 is 0. The minimum atomic E-state index is -0.502. The number of nitrogens with one attached hydrogen (secondary N) is 2. The summed E-state index contributed by atoms with van der Waals surface area (Å²) < 4.78 is 5.39. The topological polar surface area (TPSA) is 70.7 Å². The Morgan fingerprint density at radius 2 is 1.96 bits per heavy atom. The van der Waals surface area contributed by atoms with E-state index in [9.17, 15) is 9.59 Å². The van der Waals surface area contributed by atoms with E-state index in [2.05, 4.69) is 10.6 Å². The Kier molecular flexibility index (Phi) is 8.35. The molecule has 2 N–H and O–H groups in total. The van der Waals surface area contributed by atoms with Gasteiger partial charge in [-0.2, -0.15) is 0 Å². The molecule has 1 aromatic carbocycles. The average Bonchev–Trinajstić information content (AvgIpc) is 3.17. The summed E-state index contributed by atoms with van der Waals surface area (Å²) in [7, 11) is 0. The second-order valence-electron chi connectivity index (χ2n) is 6.77. The lowest BCUT2D eigenvalue weighted by molar-refractivity contribution is -0.135. The highest BCUT2D eigenvalue weighted by molar-refractivity contribution is 5.88. The van der Waals surface area contributed by atoms with E-state index >= 15 is 0 Å². The largest absolute Gasteiger partial charge is 0.378 e. The van der Waals surface area contributed by atoms with Gasteiger partial charge in [0.2, 0.25) is 11.8 Å². The number of likely N-dealkylation sites (tertiary alicyclic amines) is 1. The van der Waals surface area contributed by atoms with Gasteiger partial charge in [-0.15, -0.1) is 12.4 Å². The fourth-order valence-corrected chi connectivity index (χ4v) is 3.44. The smallest absolute Gasteiger partial charge is 0.245 e. The first-order chi connectivity index (χ1) is 12.2. The molecule has 3 rings (SSSR count). The van der Waals surface area contributed by atoms with Crippen molar-refractivity contribution in [1.82, 2.24) is 15.5 Å². The lowest BCUT2D eigenvalue weighted by atomic mass is 10.0. The number of carbonyl (C=O) groups is 2. The second-order valence-corrected chi connectivity index (χ2v) is 6.77. The molecule has 0 saturated carbocycles. The summed E-state index contributed by atoms with van der Waals surface area (Å²) in [6, 6.07) is 9.37. The van der Waals surface area contributed by atoms with Crippen LogP contribution < -0.4 is 10.6 Å². The molecule has 2 heterocycles. The van der Waals surface area contributed by atoms with E-state index in [-0.39, 0.29) is 30.3 Å². The van der Waals surface area contributed by atoms with Gasteiger partial charge < -0.3 is 20.3 Å². The van der Waals surface area contributed by atoms with Crippen LogP contribution in [0.2, 0.25) is 0 Å². The fourth-order valence-electron chi connectivity index (χ4n) is 3.44. The summed E-state index contributed by atoms with van der Waals surface area (Å²) in [6.45, 7) is 3.56. The SMILES string of the molecule is Cl.O=C(CC1COCCN1)NC(Cc1ccccc1)C(=O)N1CCCC1. The number of benzene rings is 1. The Morgan fingerprint density at radius 1 is 1.23 bits per heavy atom. The minimum absolute atomic E-state index is 0. The van der Waals surface area contributed by atoms with Gasteiger partial charge in [0.05, 0.1) is 13.2 Å². The molecule has 2 saturated heterocycles. The van der Waals surface area contributed by atoms with Gasteiger partial charge in [0.1, 0.15) is 6.04 Å². The first kappa shape index (κ1) is 20.7. The zero-order valence-corrected chi connectivity index (χ0v) is 15.8. The van der Waals surface area contributed by atoms with Crippen LogP contribution in [0.15, 0.2) is 30.3 Å². The predicted octanol–water partition coefficient (Wildman–Crippen LogP) is 1.14. The van der Waals surface area contributed by atoms with E-state index < -0.39 is 6.04 Å². The Morgan fingerprint density at radius 3 is 2.62 bits per heavy atom. The Labute approximate surface area is 161 Å². The fraction of sp³-hybridized carbons (Fsp3) is 0.579. The van der Waals surface area contributed by atoms with Gasteiger partial charge in [-0.1, -0.05) is 30.3 Å². The van der Waals surface area contributed by atoms with Gasteiger partial charge in [0.15, 0.2) is 0 Å². The molecule has 0 bridgehead atoms. The van der Waals surface area contributed by atoms with Crippen molar-refractivity contribution in [2.45, 2.75) is 37.8 Å². The zero-order valence-electron chi connectivity index (χ0n) is 15.0. The number of ether oxygens (including phenoxy) is 1. The van der Waals surface area contributed by atoms with Crippen molar-refractivity contribution in [3.63, 3.8) is 0 Å². The average molecular weight is 382 g/mol. The van der Waals surface area contributed by atoms with E-state index in [1.807, 2.05) is 35.2 Å². The van der Waals surface area contributed by atoms with Crippen molar-refractivity contribution >= 4 is 24.2 Å². The second kappa shape index (κ2) is 10.5. The first-order valence-corrected chi connectivity index (χ1v) is 9.15. The molecule has 1 aromatic rings. The molecule has 2 fully saturated rings. The molecule has 0 aliphatic carbocycles. The molecule has 2 aliphatic rings. The summed E-state index contributed by atoms with van der Waals surface area (Å²) in [5, 5.41) is 6.24. The number of morpholine rings is 1. The molecule has 0 spiro atoms. The van der Waals surface area contributed by atoms with Gasteiger partial charge in [0, 0.05) is 38.5 Å². The van der Waals surface area contributed by atoms with E-state index in [1.165, 1.54) is 0 Å². The van der Waals surface area contributed by atoms with Crippen LogP contribution in [-0.2, 0) is 20.7 Å². The highest BCUT2D eigenvalue weighted by Gasteiger charge is 2.28. The number of halogens is 1. The molecular formula is C19H28ClN3O3. The van der Waals surface area contributed by atoms with E-state index in [1.54, 1.807) is 0 Å². The lowest BCUT2D eigenvalue weighted by Crippen LogP contribution is -2.51. The molecule has 2 atom stereocenters. The molecule has 2 unspecified atom stereocenters. The highest BCUT2D eigenvalue weighted by Crippen LogP contribution is 2.12. The molecule has 7 heteroatoms. The quantitative estimate of drug-likeness (QED) is 0.775. The standard InChI is InChI=1S/C19H27N3O3.ClH/c23-18(13-16-14-25-11-8-20-16)21-17(12-15-6-2-1-3-7-15)19(24)22-9-4-5-10-22;/h1-3,6-7,16-17,20H,4-5,8-14H2,(H,21,23);1H. The molecule has 2 aliphatic heterocycles. The molecule has 2 amide bonds. The van der Waals surface area contributed by atoms with Gasteiger partial charge >= 0.3 is 0 Å². The molecule has 6 nitrogen and oxygen atoms in total. The zero-order chi connectivity index (χ0) is 17.5. The molecule has 26 heavy (non-hydrogen) atoms. The maximum atomic E-state index is 12.8. The van der Waals surface area contributed by atoms with Crippen molar-refractivity contribution in [2.24, 2.45) is 0 Å². The normalized spacial score (nSPS) is 20.9. The van der Waals surface area contributed by atoms with Crippen LogP contribution in [-0.4, -0.2) is 61.6 Å². The third kappa shape index (κ3) is 5.97. The van der Waals surface area contributed by atoms with Crippen LogP contribution in [0, 0.1) is 0 Å².